The molecular formula is C9H7ClO3. The lowest BCUT2D eigenvalue weighted by atomic mass is 10.1. The highest BCUT2D eigenvalue weighted by Crippen LogP contribution is 2.22. The number of fused-ring (bicyclic) bond motifs is 1. The average molecular weight is 199 g/mol. The van der Waals surface area contributed by atoms with E-state index in [1.54, 1.807) is 6.07 Å². The molecule has 0 aliphatic heterocycles. The van der Waals surface area contributed by atoms with E-state index < -0.39 is 5.82 Å². The second kappa shape index (κ2) is 2.92. The smallest absolute Gasteiger partial charge is 0.391 e. The van der Waals surface area contributed by atoms with Gasteiger partial charge >= 0.3 is 5.82 Å². The predicted octanol–water partition coefficient (Wildman–Crippen LogP) is 2.43. The zero-order chi connectivity index (χ0) is 9.42. The summed E-state index contributed by atoms with van der Waals surface area (Å²) in [5.74, 6) is -0.377. The summed E-state index contributed by atoms with van der Waals surface area (Å²) in [6.07, 6.45) is 0. The van der Waals surface area contributed by atoms with Gasteiger partial charge in [0.2, 0.25) is 0 Å². The SMILES string of the molecule is Cc1ccc2oc(=O)oc2c1CCl. The van der Waals surface area contributed by atoms with E-state index in [2.05, 4.69) is 0 Å². The Hall–Kier alpha value is -1.22. The molecular weight excluding hydrogens is 192 g/mol. The van der Waals surface area contributed by atoms with Gasteiger partial charge < -0.3 is 8.83 Å². The summed E-state index contributed by atoms with van der Waals surface area (Å²) in [6.45, 7) is 1.91. The molecule has 0 amide bonds. The van der Waals surface area contributed by atoms with Crippen LogP contribution in [0.15, 0.2) is 25.8 Å². The summed E-state index contributed by atoms with van der Waals surface area (Å²) in [7, 11) is 0. The van der Waals surface area contributed by atoms with Crippen molar-refractivity contribution < 1.29 is 8.83 Å². The zero-order valence-corrected chi connectivity index (χ0v) is 7.72. The molecule has 4 heteroatoms. The molecule has 0 aliphatic rings. The Balaban J connectivity index is 2.90. The highest BCUT2D eigenvalue weighted by Gasteiger charge is 2.10. The van der Waals surface area contributed by atoms with Gasteiger partial charge in [-0.05, 0) is 18.6 Å². The maximum atomic E-state index is 10.8. The molecule has 0 unspecified atom stereocenters. The zero-order valence-electron chi connectivity index (χ0n) is 6.96. The van der Waals surface area contributed by atoms with Crippen molar-refractivity contribution in [2.24, 2.45) is 0 Å². The largest absolute Gasteiger partial charge is 0.519 e. The van der Waals surface area contributed by atoms with E-state index >= 15 is 0 Å². The Labute approximate surface area is 78.9 Å². The monoisotopic (exact) mass is 198 g/mol. The van der Waals surface area contributed by atoms with E-state index in [1.165, 1.54) is 0 Å². The van der Waals surface area contributed by atoms with Crippen LogP contribution in [0, 0.1) is 6.92 Å². The van der Waals surface area contributed by atoms with Crippen LogP contribution in [0.3, 0.4) is 0 Å². The Bertz CT molecular complexity index is 495. The van der Waals surface area contributed by atoms with E-state index in [0.717, 1.165) is 11.1 Å². The molecule has 0 fully saturated rings. The third kappa shape index (κ3) is 1.25. The van der Waals surface area contributed by atoms with Crippen molar-refractivity contribution in [3.05, 3.63) is 33.9 Å². The number of benzene rings is 1. The summed E-state index contributed by atoms with van der Waals surface area (Å²) in [5.41, 5.74) is 2.71. The number of halogens is 1. The first-order chi connectivity index (χ1) is 6.22. The molecule has 0 N–H and O–H groups in total. The Morgan fingerprint density at radius 1 is 1.38 bits per heavy atom. The second-order valence-corrected chi connectivity index (χ2v) is 3.04. The minimum absolute atomic E-state index is 0.311. The standard InChI is InChI=1S/C9H7ClO3/c1-5-2-3-7-8(6(5)4-10)13-9(11)12-7/h2-3H,4H2,1H3. The van der Waals surface area contributed by atoms with Crippen LogP contribution in [0.2, 0.25) is 0 Å². The van der Waals surface area contributed by atoms with Gasteiger partial charge in [-0.15, -0.1) is 11.6 Å². The van der Waals surface area contributed by atoms with Crippen LogP contribution in [-0.2, 0) is 5.88 Å². The molecule has 0 saturated carbocycles. The lowest BCUT2D eigenvalue weighted by Crippen LogP contribution is -1.86. The van der Waals surface area contributed by atoms with Crippen molar-refractivity contribution in [3.8, 4) is 0 Å². The van der Waals surface area contributed by atoms with Crippen molar-refractivity contribution in [2.75, 3.05) is 0 Å². The summed E-state index contributed by atoms with van der Waals surface area (Å²) >= 11 is 5.72. The molecule has 0 radical (unpaired) electrons. The minimum atomic E-state index is -0.688. The lowest BCUT2D eigenvalue weighted by molar-refractivity contribution is 0.409. The summed E-state index contributed by atoms with van der Waals surface area (Å²) < 4.78 is 9.65. The van der Waals surface area contributed by atoms with E-state index in [4.69, 9.17) is 20.4 Å². The third-order valence-electron chi connectivity index (χ3n) is 1.97. The second-order valence-electron chi connectivity index (χ2n) is 2.78. The molecule has 1 aromatic carbocycles. The van der Waals surface area contributed by atoms with Gasteiger partial charge in [0.15, 0.2) is 11.2 Å². The summed E-state index contributed by atoms with van der Waals surface area (Å²) in [4.78, 5) is 10.8. The maximum absolute atomic E-state index is 10.8. The first-order valence-electron chi connectivity index (χ1n) is 3.80. The molecule has 68 valence electrons. The quantitative estimate of drug-likeness (QED) is 0.661. The van der Waals surface area contributed by atoms with Gasteiger partial charge in [0, 0.05) is 5.56 Å². The molecule has 1 aromatic heterocycles. The number of hydrogen-bond acceptors (Lipinski definition) is 3. The topological polar surface area (TPSA) is 43.4 Å². The van der Waals surface area contributed by atoms with Gasteiger partial charge in [-0.1, -0.05) is 6.07 Å². The first kappa shape index (κ1) is 8.38. The fourth-order valence-electron chi connectivity index (χ4n) is 1.26. The van der Waals surface area contributed by atoms with Crippen molar-refractivity contribution in [2.45, 2.75) is 12.8 Å². The van der Waals surface area contributed by atoms with Crippen LogP contribution in [0.25, 0.3) is 11.2 Å². The van der Waals surface area contributed by atoms with Gasteiger partial charge in [-0.2, -0.15) is 0 Å². The molecule has 2 aromatic rings. The summed E-state index contributed by atoms with van der Waals surface area (Å²) in [6, 6.07) is 3.55. The first-order valence-corrected chi connectivity index (χ1v) is 4.34. The highest BCUT2D eigenvalue weighted by atomic mass is 35.5. The van der Waals surface area contributed by atoms with E-state index in [0.29, 0.717) is 17.0 Å². The molecule has 1 heterocycles. The highest BCUT2D eigenvalue weighted by molar-refractivity contribution is 6.17. The van der Waals surface area contributed by atoms with Crippen LogP contribution in [0.1, 0.15) is 11.1 Å². The van der Waals surface area contributed by atoms with E-state index in [-0.39, 0.29) is 0 Å². The van der Waals surface area contributed by atoms with Crippen LogP contribution in [0.4, 0.5) is 0 Å². The lowest BCUT2D eigenvalue weighted by Gasteiger charge is -1.99. The maximum Gasteiger partial charge on any atom is 0.519 e. The molecule has 0 bridgehead atoms. The average Bonchev–Trinajstić information content (AvgIpc) is 2.45. The normalized spacial score (nSPS) is 10.9. The minimum Gasteiger partial charge on any atom is -0.391 e. The number of rotatable bonds is 1. The molecule has 0 atom stereocenters. The molecule has 0 aliphatic carbocycles. The Morgan fingerprint density at radius 3 is 2.85 bits per heavy atom. The molecule has 2 rings (SSSR count). The van der Waals surface area contributed by atoms with Gasteiger partial charge in [-0.3, -0.25) is 0 Å². The fourth-order valence-corrected chi connectivity index (χ4v) is 1.59. The fraction of sp³-hybridized carbons (Fsp3) is 0.222. The number of aryl methyl sites for hydroxylation is 1. The number of alkyl halides is 1. The van der Waals surface area contributed by atoms with Crippen molar-refractivity contribution in [3.63, 3.8) is 0 Å². The van der Waals surface area contributed by atoms with Crippen LogP contribution >= 0.6 is 11.6 Å². The van der Waals surface area contributed by atoms with Crippen molar-refractivity contribution in [1.82, 2.24) is 0 Å². The van der Waals surface area contributed by atoms with Gasteiger partial charge in [-0.25, -0.2) is 4.79 Å². The predicted molar refractivity (Wildman–Crippen MR) is 49.0 cm³/mol. The van der Waals surface area contributed by atoms with Gasteiger partial charge in [0.05, 0.1) is 5.88 Å². The van der Waals surface area contributed by atoms with Crippen LogP contribution in [-0.4, -0.2) is 0 Å². The van der Waals surface area contributed by atoms with Crippen molar-refractivity contribution >= 4 is 22.8 Å². The van der Waals surface area contributed by atoms with Crippen LogP contribution < -0.4 is 5.82 Å². The number of hydrogen-bond donors (Lipinski definition) is 0. The van der Waals surface area contributed by atoms with E-state index in [9.17, 15) is 4.79 Å². The Morgan fingerprint density at radius 2 is 2.15 bits per heavy atom. The molecule has 3 nitrogen and oxygen atoms in total. The molecule has 0 spiro atoms. The van der Waals surface area contributed by atoms with Crippen molar-refractivity contribution in [1.29, 1.82) is 0 Å². The third-order valence-corrected chi connectivity index (χ3v) is 2.24. The Kier molecular flexibility index (Phi) is 1.88. The van der Waals surface area contributed by atoms with Crippen LogP contribution in [0.5, 0.6) is 0 Å². The molecule has 0 saturated heterocycles. The van der Waals surface area contributed by atoms with E-state index in [1.807, 2.05) is 13.0 Å². The van der Waals surface area contributed by atoms with Gasteiger partial charge in [0.25, 0.3) is 0 Å². The van der Waals surface area contributed by atoms with Gasteiger partial charge in [0.1, 0.15) is 0 Å². The molecule has 13 heavy (non-hydrogen) atoms. The summed E-state index contributed by atoms with van der Waals surface area (Å²) in [5, 5.41) is 0.